The summed E-state index contributed by atoms with van der Waals surface area (Å²) in [6.07, 6.45) is 0.111. The van der Waals surface area contributed by atoms with Crippen molar-refractivity contribution < 1.29 is 50.4 Å². The molecule has 0 heterocycles. The number of aliphatic carboxylic acids is 1. The molecule has 0 radical (unpaired) electrons. The molecule has 0 aromatic rings. The van der Waals surface area contributed by atoms with E-state index in [4.69, 9.17) is 0 Å². The van der Waals surface area contributed by atoms with Gasteiger partial charge in [-0.25, -0.2) is 0 Å². The van der Waals surface area contributed by atoms with Gasteiger partial charge in [-0.1, -0.05) is 6.92 Å². The third kappa shape index (κ3) is 32.5. The summed E-state index contributed by atoms with van der Waals surface area (Å²) in [5.74, 6) is -0.995. The zero-order valence-corrected chi connectivity index (χ0v) is 7.02. The predicted octanol–water partition coefficient (Wildman–Crippen LogP) is -5.50. The molecule has 4 nitrogen and oxygen atoms in total. The fourth-order valence-corrected chi connectivity index (χ4v) is 0. The number of carbonyl (C=O) groups is 1. The summed E-state index contributed by atoms with van der Waals surface area (Å²) in [5.41, 5.74) is 0. The van der Waals surface area contributed by atoms with Gasteiger partial charge in [-0.05, 0) is 6.42 Å². The van der Waals surface area contributed by atoms with E-state index in [0.717, 1.165) is 0 Å². The smallest absolute Gasteiger partial charge is 0.550 e. The molecule has 0 spiro atoms. The molecule has 0 aromatic heterocycles. The normalized spacial score (nSPS) is 4.62. The summed E-state index contributed by atoms with van der Waals surface area (Å²) in [7, 11) is 0. The molecule has 0 bridgehead atoms. The van der Waals surface area contributed by atoms with Crippen molar-refractivity contribution in [2.24, 2.45) is 0 Å². The molecule has 0 aliphatic rings. The van der Waals surface area contributed by atoms with Crippen molar-refractivity contribution in [1.82, 2.24) is 0 Å². The number of hydrogen-bond donors (Lipinski definition) is 0. The van der Waals surface area contributed by atoms with Gasteiger partial charge in [-0.2, -0.15) is 0 Å². The van der Waals surface area contributed by atoms with Gasteiger partial charge in [0.25, 0.3) is 0 Å². The molecule has 5 heteroatoms. The van der Waals surface area contributed by atoms with E-state index in [0.29, 0.717) is 0 Å². The molecule has 0 saturated carbocycles. The van der Waals surface area contributed by atoms with E-state index in [-0.39, 0.29) is 46.9 Å². The van der Waals surface area contributed by atoms with Crippen LogP contribution < -0.4 is 34.7 Å². The Morgan fingerprint density at radius 2 is 1.62 bits per heavy atom. The summed E-state index contributed by atoms with van der Waals surface area (Å²) >= 11 is 0. The maximum absolute atomic E-state index is 9.26. The van der Waals surface area contributed by atoms with Crippen molar-refractivity contribution in [1.29, 1.82) is 0 Å². The Morgan fingerprint density at radius 3 is 1.62 bits per heavy atom. The van der Waals surface area contributed by atoms with E-state index in [2.05, 4.69) is 0 Å². The van der Waals surface area contributed by atoms with E-state index >= 15 is 0 Å². The van der Waals surface area contributed by atoms with Crippen LogP contribution in [0.25, 0.3) is 0 Å². The zero-order valence-electron chi connectivity index (χ0n) is 5.02. The molecule has 4 N–H and O–H groups in total. The molecule has 0 atom stereocenters. The van der Waals surface area contributed by atoms with Crippen LogP contribution in [-0.2, 0) is 4.79 Å². The monoisotopic (exact) mass is 132 g/mol. The Hall–Kier alpha value is 0.390. The van der Waals surface area contributed by atoms with Crippen molar-refractivity contribution in [3.8, 4) is 0 Å². The maximum atomic E-state index is 9.26. The number of carbonyl (C=O) groups excluding carboxylic acids is 1. The van der Waals surface area contributed by atoms with Crippen LogP contribution in [0.2, 0.25) is 0 Å². The number of rotatable bonds is 1. The largest absolute Gasteiger partial charge is 1.00 e. The minimum absolute atomic E-state index is 0. The summed E-state index contributed by atoms with van der Waals surface area (Å²) in [6.45, 7) is 1.54. The molecule has 0 amide bonds. The Labute approximate surface area is 69.8 Å². The minimum Gasteiger partial charge on any atom is -0.550 e. The van der Waals surface area contributed by atoms with Crippen molar-refractivity contribution in [2.75, 3.05) is 0 Å². The van der Waals surface area contributed by atoms with E-state index < -0.39 is 5.97 Å². The standard InChI is InChI=1S/C3H6O2.Na.2H2O/c1-2-3(4)5;;;/h2H2,1H3,(H,4,5);;2*1H2/q;+1;;/p-1. The van der Waals surface area contributed by atoms with Crippen LogP contribution in [0.3, 0.4) is 0 Å². The van der Waals surface area contributed by atoms with E-state index in [1.165, 1.54) is 6.92 Å². The van der Waals surface area contributed by atoms with Crippen LogP contribution in [-0.4, -0.2) is 16.9 Å². The summed E-state index contributed by atoms with van der Waals surface area (Å²) in [6, 6.07) is 0. The van der Waals surface area contributed by atoms with E-state index in [1.54, 1.807) is 0 Å². The molecule has 8 heavy (non-hydrogen) atoms. The van der Waals surface area contributed by atoms with Gasteiger partial charge in [-0.3, -0.25) is 0 Å². The molecule has 0 unspecified atom stereocenters. The van der Waals surface area contributed by atoms with E-state index in [1.807, 2.05) is 0 Å². The number of carboxylic acid groups (broad SMARTS) is 1. The Kier molecular flexibility index (Phi) is 46.5. The average Bonchev–Trinajstić information content (AvgIpc) is 1.38. The quantitative estimate of drug-likeness (QED) is 0.332. The first-order valence-corrected chi connectivity index (χ1v) is 1.47. The van der Waals surface area contributed by atoms with Crippen molar-refractivity contribution in [2.45, 2.75) is 13.3 Å². The molecular formula is C3H9NaO4. The van der Waals surface area contributed by atoms with Gasteiger partial charge in [0.15, 0.2) is 0 Å². The minimum atomic E-state index is -0.995. The van der Waals surface area contributed by atoms with Gasteiger partial charge in [-0.15, -0.1) is 0 Å². The van der Waals surface area contributed by atoms with Gasteiger partial charge in [0.1, 0.15) is 0 Å². The van der Waals surface area contributed by atoms with Gasteiger partial charge >= 0.3 is 29.6 Å². The molecule has 0 aliphatic heterocycles. The first kappa shape index (κ1) is 23.8. The second-order valence-corrected chi connectivity index (χ2v) is 0.726. The van der Waals surface area contributed by atoms with Crippen LogP contribution in [0.4, 0.5) is 0 Å². The first-order valence-electron chi connectivity index (χ1n) is 1.47. The third-order valence-corrected chi connectivity index (χ3v) is 0.289. The van der Waals surface area contributed by atoms with Crippen LogP contribution in [0, 0.1) is 0 Å². The second-order valence-electron chi connectivity index (χ2n) is 0.726. The Balaban J connectivity index is -0.0000000267. The first-order chi connectivity index (χ1) is 2.27. The Bertz CT molecular complexity index is 46.5. The zero-order chi connectivity index (χ0) is 4.28. The molecule has 0 aliphatic carbocycles. The SMILES string of the molecule is CCC(=O)[O-].O.O.[Na+]. The second kappa shape index (κ2) is 15.7. The van der Waals surface area contributed by atoms with Crippen molar-refractivity contribution >= 4 is 5.97 Å². The maximum Gasteiger partial charge on any atom is 1.00 e. The summed E-state index contributed by atoms with van der Waals surface area (Å²) in [4.78, 5) is 9.26. The van der Waals surface area contributed by atoms with Gasteiger partial charge in [0.05, 0.1) is 0 Å². The molecule has 0 saturated heterocycles. The molecule has 46 valence electrons. The van der Waals surface area contributed by atoms with Gasteiger partial charge in [0, 0.05) is 5.97 Å². The topological polar surface area (TPSA) is 103 Å². The van der Waals surface area contributed by atoms with Crippen LogP contribution in [0.5, 0.6) is 0 Å². The summed E-state index contributed by atoms with van der Waals surface area (Å²) in [5, 5.41) is 9.26. The van der Waals surface area contributed by atoms with Crippen molar-refractivity contribution in [3.63, 3.8) is 0 Å². The number of hydrogen-bond acceptors (Lipinski definition) is 2. The molecule has 0 fully saturated rings. The van der Waals surface area contributed by atoms with Crippen LogP contribution in [0.1, 0.15) is 13.3 Å². The van der Waals surface area contributed by atoms with Gasteiger partial charge < -0.3 is 20.9 Å². The number of carboxylic acids is 1. The average molecular weight is 132 g/mol. The predicted molar refractivity (Wildman–Crippen MR) is 22.5 cm³/mol. The molecule has 0 rings (SSSR count). The van der Waals surface area contributed by atoms with Crippen molar-refractivity contribution in [3.05, 3.63) is 0 Å². The van der Waals surface area contributed by atoms with Crippen LogP contribution in [0.15, 0.2) is 0 Å². The van der Waals surface area contributed by atoms with Crippen LogP contribution >= 0.6 is 0 Å². The third-order valence-electron chi connectivity index (χ3n) is 0.289. The summed E-state index contributed by atoms with van der Waals surface area (Å²) < 4.78 is 0. The van der Waals surface area contributed by atoms with E-state index in [9.17, 15) is 9.90 Å². The van der Waals surface area contributed by atoms with Gasteiger partial charge in [0.2, 0.25) is 0 Å². The molecule has 0 aromatic carbocycles. The fraction of sp³-hybridized carbons (Fsp3) is 0.667. The fourth-order valence-electron chi connectivity index (χ4n) is 0. The Morgan fingerprint density at radius 1 is 1.50 bits per heavy atom. The molecular weight excluding hydrogens is 123 g/mol.